The number of ether oxygens (including phenoxy) is 2. The number of carbonyl (C=O) groups excluding carboxylic acids is 1. The maximum atomic E-state index is 11.9. The van der Waals surface area contributed by atoms with Gasteiger partial charge < -0.3 is 14.5 Å². The number of carbonyl (C=O) groups is 1. The van der Waals surface area contributed by atoms with Crippen LogP contribution in [0.25, 0.3) is 11.0 Å². The third kappa shape index (κ3) is 1.94. The first-order valence-electron chi connectivity index (χ1n) is 6.90. The van der Waals surface area contributed by atoms with Crippen molar-refractivity contribution in [2.45, 2.75) is 24.7 Å². The maximum absolute atomic E-state index is 11.9. The van der Waals surface area contributed by atoms with Gasteiger partial charge in [0.15, 0.2) is 5.78 Å². The van der Waals surface area contributed by atoms with E-state index in [1.165, 1.54) is 0 Å². The van der Waals surface area contributed by atoms with Crippen molar-refractivity contribution in [3.63, 3.8) is 0 Å². The van der Waals surface area contributed by atoms with Crippen molar-refractivity contribution in [1.82, 2.24) is 9.97 Å². The molecule has 2 fully saturated rings. The Balaban J connectivity index is 1.71. The lowest BCUT2D eigenvalue weighted by Gasteiger charge is -2.28. The Hall–Kier alpha value is -2.23. The van der Waals surface area contributed by atoms with Crippen LogP contribution >= 0.6 is 0 Å². The normalized spacial score (nSPS) is 29.5. The van der Waals surface area contributed by atoms with Crippen molar-refractivity contribution < 1.29 is 14.3 Å². The highest BCUT2D eigenvalue weighted by atomic mass is 16.7. The summed E-state index contributed by atoms with van der Waals surface area (Å²) in [5.41, 5.74) is 1.70. The molecule has 106 valence electrons. The molecule has 3 heterocycles. The van der Waals surface area contributed by atoms with Gasteiger partial charge in [0, 0.05) is 12.3 Å². The molecule has 0 saturated carbocycles. The van der Waals surface area contributed by atoms with Crippen LogP contribution in [0.4, 0.5) is 0 Å². The van der Waals surface area contributed by atoms with Gasteiger partial charge in [-0.25, -0.2) is 4.98 Å². The molecule has 4 unspecified atom stereocenters. The lowest BCUT2D eigenvalue weighted by Crippen LogP contribution is -2.38. The third-order valence-electron chi connectivity index (χ3n) is 4.16. The smallest absolute Gasteiger partial charge is 0.218 e. The lowest BCUT2D eigenvalue weighted by molar-refractivity contribution is -0.157. The largest absolute Gasteiger partial charge is 0.343 e. The van der Waals surface area contributed by atoms with Crippen LogP contribution in [0.2, 0.25) is 0 Å². The zero-order valence-corrected chi connectivity index (χ0v) is 11.2. The van der Waals surface area contributed by atoms with Crippen LogP contribution in [0.15, 0.2) is 24.3 Å². The van der Waals surface area contributed by atoms with E-state index in [9.17, 15) is 10.1 Å². The number of imidazole rings is 1. The molecule has 2 aromatic rings. The van der Waals surface area contributed by atoms with E-state index >= 15 is 0 Å². The highest BCUT2D eigenvalue weighted by Crippen LogP contribution is 2.38. The number of fused-ring (bicyclic) bond motifs is 3. The van der Waals surface area contributed by atoms with E-state index in [2.05, 4.69) is 16.0 Å². The Kier molecular flexibility index (Phi) is 2.77. The van der Waals surface area contributed by atoms with Crippen molar-refractivity contribution in [2.75, 3.05) is 6.61 Å². The molecule has 1 aromatic carbocycles. The van der Waals surface area contributed by atoms with Crippen LogP contribution < -0.4 is 0 Å². The average Bonchev–Trinajstić information content (AvgIpc) is 3.10. The highest BCUT2D eigenvalue weighted by Gasteiger charge is 2.47. The summed E-state index contributed by atoms with van der Waals surface area (Å²) in [6, 6.07) is 9.89. The Bertz CT molecular complexity index is 715. The van der Waals surface area contributed by atoms with Gasteiger partial charge in [-0.1, -0.05) is 12.1 Å². The van der Waals surface area contributed by atoms with E-state index in [0.29, 0.717) is 18.9 Å². The first kappa shape index (κ1) is 12.5. The van der Waals surface area contributed by atoms with Crippen molar-refractivity contribution in [2.24, 2.45) is 5.92 Å². The van der Waals surface area contributed by atoms with Crippen molar-refractivity contribution in [3.8, 4) is 6.07 Å². The van der Waals surface area contributed by atoms with Gasteiger partial charge in [0.1, 0.15) is 11.7 Å². The molecule has 0 amide bonds. The number of ketones is 1. The van der Waals surface area contributed by atoms with Gasteiger partial charge in [-0.15, -0.1) is 0 Å². The predicted molar refractivity (Wildman–Crippen MR) is 72.2 cm³/mol. The molecule has 6 heteroatoms. The highest BCUT2D eigenvalue weighted by molar-refractivity contribution is 5.83. The molecule has 6 nitrogen and oxygen atoms in total. The minimum Gasteiger partial charge on any atom is -0.343 e. The maximum Gasteiger partial charge on any atom is 0.218 e. The number of para-hydroxylation sites is 2. The van der Waals surface area contributed by atoms with Gasteiger partial charge in [0.25, 0.3) is 0 Å². The summed E-state index contributed by atoms with van der Waals surface area (Å²) in [5.74, 6) is -0.230. The summed E-state index contributed by atoms with van der Waals surface area (Å²) in [4.78, 5) is 19.6. The summed E-state index contributed by atoms with van der Waals surface area (Å²) in [6.07, 6.45) is -0.656. The minimum atomic E-state index is -0.735. The fourth-order valence-electron chi connectivity index (χ4n) is 3.08. The molecule has 21 heavy (non-hydrogen) atoms. The zero-order chi connectivity index (χ0) is 14.4. The first-order chi connectivity index (χ1) is 10.3. The van der Waals surface area contributed by atoms with Crippen LogP contribution in [0.5, 0.6) is 0 Å². The third-order valence-corrected chi connectivity index (χ3v) is 4.16. The molecule has 2 aliphatic rings. The number of H-pyrrole nitrogens is 1. The van der Waals surface area contributed by atoms with Gasteiger partial charge in [-0.2, -0.15) is 5.26 Å². The number of nitriles is 1. The SMILES string of the molecule is N#CC(c1nc2ccccc2[nH]1)C1CC(=O)C2OCC1O2. The van der Waals surface area contributed by atoms with Gasteiger partial charge in [0.2, 0.25) is 6.29 Å². The van der Waals surface area contributed by atoms with Crippen molar-refractivity contribution in [3.05, 3.63) is 30.1 Å². The number of hydrogen-bond acceptors (Lipinski definition) is 5. The van der Waals surface area contributed by atoms with Crippen molar-refractivity contribution in [1.29, 1.82) is 5.26 Å². The molecule has 4 rings (SSSR count). The molecule has 0 spiro atoms. The second-order valence-electron chi connectivity index (χ2n) is 5.42. The molecule has 1 N–H and O–H groups in total. The number of nitrogens with zero attached hydrogens (tertiary/aromatic N) is 2. The Morgan fingerprint density at radius 3 is 3.10 bits per heavy atom. The number of benzene rings is 1. The van der Waals surface area contributed by atoms with Gasteiger partial charge in [-0.05, 0) is 12.1 Å². The summed E-state index contributed by atoms with van der Waals surface area (Å²) >= 11 is 0. The fraction of sp³-hybridized carbons (Fsp3) is 0.400. The summed E-state index contributed by atoms with van der Waals surface area (Å²) in [5, 5.41) is 9.55. The summed E-state index contributed by atoms with van der Waals surface area (Å²) < 4.78 is 10.8. The molecular formula is C15H13N3O3. The summed E-state index contributed by atoms with van der Waals surface area (Å²) in [6.45, 7) is 0.361. The van der Waals surface area contributed by atoms with Crippen LogP contribution in [-0.2, 0) is 14.3 Å². The van der Waals surface area contributed by atoms with Gasteiger partial charge in [0.05, 0.1) is 29.8 Å². The van der Waals surface area contributed by atoms with E-state index in [1.807, 2.05) is 24.3 Å². The van der Waals surface area contributed by atoms with Crippen LogP contribution in [0.1, 0.15) is 18.2 Å². The topological polar surface area (TPSA) is 88.0 Å². The molecule has 0 aliphatic carbocycles. The van der Waals surface area contributed by atoms with Gasteiger partial charge >= 0.3 is 0 Å². The Morgan fingerprint density at radius 1 is 1.43 bits per heavy atom. The first-order valence-corrected chi connectivity index (χ1v) is 6.90. The van der Waals surface area contributed by atoms with E-state index in [-0.39, 0.29) is 17.8 Å². The molecular weight excluding hydrogens is 270 g/mol. The predicted octanol–water partition coefficient (Wildman–Crippen LogP) is 1.50. The second kappa shape index (κ2) is 4.65. The fourth-order valence-corrected chi connectivity index (χ4v) is 3.08. The summed E-state index contributed by atoms with van der Waals surface area (Å²) in [7, 11) is 0. The quantitative estimate of drug-likeness (QED) is 0.902. The Morgan fingerprint density at radius 2 is 2.29 bits per heavy atom. The monoisotopic (exact) mass is 283 g/mol. The number of Topliss-reactive ketones (excluding diaryl/α,β-unsaturated/α-hetero) is 1. The number of nitrogens with one attached hydrogen (secondary N) is 1. The number of rotatable bonds is 2. The second-order valence-corrected chi connectivity index (χ2v) is 5.42. The molecule has 2 aliphatic heterocycles. The number of aromatic nitrogens is 2. The minimum absolute atomic E-state index is 0.0925. The molecule has 2 bridgehead atoms. The van der Waals surface area contributed by atoms with E-state index < -0.39 is 12.2 Å². The molecule has 4 atom stereocenters. The zero-order valence-electron chi connectivity index (χ0n) is 11.2. The van der Waals surface area contributed by atoms with Crippen molar-refractivity contribution >= 4 is 16.8 Å². The molecule has 0 radical (unpaired) electrons. The Labute approximate surface area is 120 Å². The van der Waals surface area contributed by atoms with E-state index in [0.717, 1.165) is 11.0 Å². The number of aromatic amines is 1. The van der Waals surface area contributed by atoms with Crippen LogP contribution in [0, 0.1) is 17.2 Å². The molecule has 1 aromatic heterocycles. The lowest BCUT2D eigenvalue weighted by atomic mass is 9.83. The van der Waals surface area contributed by atoms with Gasteiger partial charge in [-0.3, -0.25) is 4.79 Å². The van der Waals surface area contributed by atoms with Crippen LogP contribution in [0.3, 0.4) is 0 Å². The van der Waals surface area contributed by atoms with E-state index in [1.54, 1.807) is 0 Å². The van der Waals surface area contributed by atoms with Crippen LogP contribution in [-0.4, -0.2) is 34.8 Å². The van der Waals surface area contributed by atoms with E-state index in [4.69, 9.17) is 9.47 Å². The average molecular weight is 283 g/mol. The number of hydrogen-bond donors (Lipinski definition) is 1. The standard InChI is InChI=1S/C15H13N3O3/c16-6-9(8-5-12(19)15-20-7-13(8)21-15)14-17-10-3-1-2-4-11(10)18-14/h1-4,8-9,13,15H,5,7H2,(H,17,18). The molecule has 2 saturated heterocycles.